The highest BCUT2D eigenvalue weighted by atomic mass is 32.1. The lowest BCUT2D eigenvalue weighted by atomic mass is 9.72. The second-order valence-electron chi connectivity index (χ2n) is 9.06. The summed E-state index contributed by atoms with van der Waals surface area (Å²) in [5, 5.41) is 0.721. The monoisotopic (exact) mass is 388 g/mol. The van der Waals surface area contributed by atoms with Crippen molar-refractivity contribution in [1.29, 1.82) is 0 Å². The van der Waals surface area contributed by atoms with Gasteiger partial charge in [0.1, 0.15) is 17.5 Å². The number of ether oxygens (including phenoxy) is 1. The fourth-order valence-electron chi connectivity index (χ4n) is 4.42. The number of aromatic nitrogens is 2. The van der Waals surface area contributed by atoms with Crippen molar-refractivity contribution in [2.45, 2.75) is 78.4 Å². The number of rotatable bonds is 3. The van der Waals surface area contributed by atoms with Crippen molar-refractivity contribution >= 4 is 27.5 Å². The summed E-state index contributed by atoms with van der Waals surface area (Å²) in [4.78, 5) is 31.9. The third-order valence-electron chi connectivity index (χ3n) is 6.16. The molecule has 0 radical (unpaired) electrons. The van der Waals surface area contributed by atoms with Gasteiger partial charge in [-0.2, -0.15) is 0 Å². The van der Waals surface area contributed by atoms with Crippen LogP contribution in [-0.2, 0) is 28.9 Å². The Morgan fingerprint density at radius 1 is 1.30 bits per heavy atom. The predicted octanol–water partition coefficient (Wildman–Crippen LogP) is 4.09. The normalized spacial score (nSPS) is 20.8. The lowest BCUT2D eigenvalue weighted by molar-refractivity contribution is -0.149. The molecule has 0 aromatic carbocycles. The van der Waals surface area contributed by atoms with Gasteiger partial charge in [-0.25, -0.2) is 4.98 Å². The van der Waals surface area contributed by atoms with Gasteiger partial charge in [-0.3, -0.25) is 14.2 Å². The van der Waals surface area contributed by atoms with Crippen LogP contribution in [0.1, 0.15) is 63.3 Å². The number of carbonyl (C=O) groups excluding carboxylic acids is 1. The van der Waals surface area contributed by atoms with Gasteiger partial charge < -0.3 is 4.74 Å². The van der Waals surface area contributed by atoms with E-state index in [9.17, 15) is 9.59 Å². The van der Waals surface area contributed by atoms with Crippen LogP contribution in [0, 0.1) is 11.3 Å². The minimum Gasteiger partial charge on any atom is -0.461 e. The summed E-state index contributed by atoms with van der Waals surface area (Å²) in [5.41, 5.74) is 1.33. The Morgan fingerprint density at radius 3 is 2.74 bits per heavy atom. The molecule has 0 saturated heterocycles. The molecular weight excluding hydrogens is 360 g/mol. The minimum atomic E-state index is -0.331. The second kappa shape index (κ2) is 7.04. The van der Waals surface area contributed by atoms with Gasteiger partial charge in [-0.05, 0) is 61.8 Å². The van der Waals surface area contributed by atoms with Crippen molar-refractivity contribution in [3.8, 4) is 0 Å². The average Bonchev–Trinajstić information content (AvgIpc) is 3.23. The average molecular weight is 389 g/mol. The molecule has 0 N–H and O–H groups in total. The second-order valence-corrected chi connectivity index (χ2v) is 10.1. The number of hydrogen-bond donors (Lipinski definition) is 0. The van der Waals surface area contributed by atoms with Gasteiger partial charge in [-0.1, -0.05) is 20.8 Å². The number of esters is 1. The van der Waals surface area contributed by atoms with E-state index in [1.807, 2.05) is 0 Å². The van der Waals surface area contributed by atoms with E-state index in [4.69, 9.17) is 4.74 Å². The van der Waals surface area contributed by atoms with Crippen LogP contribution in [0.2, 0.25) is 0 Å². The molecule has 4 rings (SSSR count). The molecule has 2 aliphatic rings. The van der Waals surface area contributed by atoms with Crippen LogP contribution in [0.15, 0.2) is 11.1 Å². The molecule has 0 spiro atoms. The van der Waals surface area contributed by atoms with E-state index >= 15 is 0 Å². The SMILES string of the molecule is CC(C)(C)[C@H]1CCc2c(sc3ncn(CC(=O)OC4CCCC4)c(=O)c23)C1. The van der Waals surface area contributed by atoms with Crippen LogP contribution in [0.4, 0.5) is 0 Å². The van der Waals surface area contributed by atoms with Crippen LogP contribution >= 0.6 is 11.3 Å². The standard InChI is InChI=1S/C21H28N2O3S/c1-21(2,3)13-8-9-15-16(10-13)27-19-18(15)20(25)23(12-22-19)11-17(24)26-14-6-4-5-7-14/h12-14H,4-11H2,1-3H3/t13-/m0/s1. The van der Waals surface area contributed by atoms with E-state index < -0.39 is 0 Å². The molecule has 0 bridgehead atoms. The molecule has 0 unspecified atom stereocenters. The van der Waals surface area contributed by atoms with Crippen molar-refractivity contribution in [2.75, 3.05) is 0 Å². The molecule has 27 heavy (non-hydrogen) atoms. The third-order valence-corrected chi connectivity index (χ3v) is 7.32. The fraction of sp³-hybridized carbons (Fsp3) is 0.667. The number of aryl methyl sites for hydroxylation is 1. The number of fused-ring (bicyclic) bond motifs is 3. The largest absolute Gasteiger partial charge is 0.461 e. The van der Waals surface area contributed by atoms with Gasteiger partial charge in [0.05, 0.1) is 11.7 Å². The molecule has 1 atom stereocenters. The summed E-state index contributed by atoms with van der Waals surface area (Å²) in [6, 6.07) is 0. The zero-order valence-electron chi connectivity index (χ0n) is 16.4. The molecule has 2 heterocycles. The van der Waals surface area contributed by atoms with E-state index in [2.05, 4.69) is 25.8 Å². The molecular formula is C21H28N2O3S. The maximum Gasteiger partial charge on any atom is 0.326 e. The minimum absolute atomic E-state index is 0.0214. The molecule has 6 heteroatoms. The van der Waals surface area contributed by atoms with Gasteiger partial charge in [0.25, 0.3) is 5.56 Å². The number of hydrogen-bond acceptors (Lipinski definition) is 5. The molecule has 5 nitrogen and oxygen atoms in total. The molecule has 146 valence electrons. The van der Waals surface area contributed by atoms with Gasteiger partial charge in [0.2, 0.25) is 0 Å². The topological polar surface area (TPSA) is 61.2 Å². The van der Waals surface area contributed by atoms with Crippen LogP contribution in [0.5, 0.6) is 0 Å². The van der Waals surface area contributed by atoms with Gasteiger partial charge in [0.15, 0.2) is 0 Å². The first-order chi connectivity index (χ1) is 12.8. The van der Waals surface area contributed by atoms with Crippen molar-refractivity contribution < 1.29 is 9.53 Å². The first-order valence-electron chi connectivity index (χ1n) is 10.0. The summed E-state index contributed by atoms with van der Waals surface area (Å²) < 4.78 is 6.92. The van der Waals surface area contributed by atoms with Crippen LogP contribution in [0.3, 0.4) is 0 Å². The smallest absolute Gasteiger partial charge is 0.326 e. The first-order valence-corrected chi connectivity index (χ1v) is 10.8. The van der Waals surface area contributed by atoms with Crippen molar-refractivity contribution in [2.24, 2.45) is 11.3 Å². The van der Waals surface area contributed by atoms with E-state index in [1.165, 1.54) is 15.8 Å². The maximum atomic E-state index is 13.0. The van der Waals surface area contributed by atoms with Gasteiger partial charge in [0, 0.05) is 4.88 Å². The molecule has 0 amide bonds. The highest BCUT2D eigenvalue weighted by molar-refractivity contribution is 7.18. The van der Waals surface area contributed by atoms with Crippen LogP contribution in [0.25, 0.3) is 10.2 Å². The summed E-state index contributed by atoms with van der Waals surface area (Å²) in [5.74, 6) is 0.295. The Labute approximate surface area is 163 Å². The Kier molecular flexibility index (Phi) is 4.87. The van der Waals surface area contributed by atoms with E-state index in [-0.39, 0.29) is 29.6 Å². The predicted molar refractivity (Wildman–Crippen MR) is 107 cm³/mol. The fourth-order valence-corrected chi connectivity index (χ4v) is 5.68. The van der Waals surface area contributed by atoms with Crippen LogP contribution in [-0.4, -0.2) is 21.6 Å². The third kappa shape index (κ3) is 3.68. The molecule has 0 aliphatic heterocycles. The van der Waals surface area contributed by atoms with E-state index in [0.29, 0.717) is 5.92 Å². The molecule has 2 aliphatic carbocycles. The molecule has 2 aromatic heterocycles. The Morgan fingerprint density at radius 2 is 2.04 bits per heavy atom. The van der Waals surface area contributed by atoms with Crippen molar-refractivity contribution in [3.63, 3.8) is 0 Å². The van der Waals surface area contributed by atoms with Gasteiger partial charge in [-0.15, -0.1) is 11.3 Å². The lowest BCUT2D eigenvalue weighted by Crippen LogP contribution is -2.29. The summed E-state index contributed by atoms with van der Waals surface area (Å²) >= 11 is 1.65. The molecule has 1 fully saturated rings. The first kappa shape index (κ1) is 18.7. The Hall–Kier alpha value is -1.69. The Balaban J connectivity index is 1.59. The summed E-state index contributed by atoms with van der Waals surface area (Å²) in [6.07, 6.45) is 8.66. The van der Waals surface area contributed by atoms with E-state index in [0.717, 1.165) is 60.7 Å². The van der Waals surface area contributed by atoms with Crippen LogP contribution < -0.4 is 5.56 Å². The van der Waals surface area contributed by atoms with Gasteiger partial charge >= 0.3 is 5.97 Å². The number of thiophene rings is 1. The summed E-state index contributed by atoms with van der Waals surface area (Å²) in [7, 11) is 0. The highest BCUT2D eigenvalue weighted by Crippen LogP contribution is 2.41. The number of carbonyl (C=O) groups is 1. The summed E-state index contributed by atoms with van der Waals surface area (Å²) in [6.45, 7) is 6.82. The lowest BCUT2D eigenvalue weighted by Gasteiger charge is -2.33. The zero-order valence-corrected chi connectivity index (χ0v) is 17.2. The van der Waals surface area contributed by atoms with Crippen molar-refractivity contribution in [1.82, 2.24) is 9.55 Å². The quantitative estimate of drug-likeness (QED) is 0.743. The molecule has 1 saturated carbocycles. The highest BCUT2D eigenvalue weighted by Gasteiger charge is 2.32. The molecule has 2 aromatic rings. The zero-order chi connectivity index (χ0) is 19.2. The number of nitrogens with zero attached hydrogens (tertiary/aromatic N) is 2. The Bertz CT molecular complexity index is 916. The van der Waals surface area contributed by atoms with E-state index in [1.54, 1.807) is 11.3 Å². The van der Waals surface area contributed by atoms with Crippen molar-refractivity contribution in [3.05, 3.63) is 27.1 Å². The maximum absolute atomic E-state index is 13.0.